The summed E-state index contributed by atoms with van der Waals surface area (Å²) >= 11 is 0. The number of carbonyl (C=O) groups is 1. The second-order valence-electron chi connectivity index (χ2n) is 10.2. The number of hydrogen-bond donors (Lipinski definition) is 1. The largest absolute Gasteiger partial charge is 0.494 e. The first-order valence-electron chi connectivity index (χ1n) is 13.4. The highest BCUT2D eigenvalue weighted by molar-refractivity contribution is 6.00. The van der Waals surface area contributed by atoms with Crippen molar-refractivity contribution in [3.8, 4) is 28.5 Å². The number of nitrogens with one attached hydrogen (secondary N) is 1. The van der Waals surface area contributed by atoms with E-state index in [0.717, 1.165) is 40.1 Å². The molecule has 0 spiro atoms. The highest BCUT2D eigenvalue weighted by Crippen LogP contribution is 2.43. The summed E-state index contributed by atoms with van der Waals surface area (Å²) < 4.78 is 16.8. The fourth-order valence-corrected chi connectivity index (χ4v) is 5.03. The third-order valence-electron chi connectivity index (χ3n) is 7.16. The highest BCUT2D eigenvalue weighted by atomic mass is 16.5. The zero-order valence-corrected chi connectivity index (χ0v) is 22.9. The highest BCUT2D eigenvalue weighted by Gasteiger charge is 2.41. The lowest BCUT2D eigenvalue weighted by Gasteiger charge is -2.27. The first-order valence-corrected chi connectivity index (χ1v) is 13.4. The van der Waals surface area contributed by atoms with Gasteiger partial charge in [-0.25, -0.2) is 0 Å². The van der Waals surface area contributed by atoms with Gasteiger partial charge in [0.1, 0.15) is 11.4 Å². The average molecular weight is 526 g/mol. The lowest BCUT2D eigenvalue weighted by molar-refractivity contribution is 0.0746. The number of methoxy groups -OCH3 is 2. The van der Waals surface area contributed by atoms with Gasteiger partial charge >= 0.3 is 0 Å². The van der Waals surface area contributed by atoms with E-state index in [2.05, 4.69) is 36.2 Å². The topological polar surface area (TPSA) is 76.7 Å². The van der Waals surface area contributed by atoms with Gasteiger partial charge < -0.3 is 19.1 Å². The molecule has 1 atom stereocenters. The van der Waals surface area contributed by atoms with Crippen LogP contribution in [0.25, 0.3) is 11.3 Å². The van der Waals surface area contributed by atoms with Crippen molar-refractivity contribution in [3.05, 3.63) is 95.2 Å². The Kier molecular flexibility index (Phi) is 7.87. The molecule has 7 nitrogen and oxygen atoms in total. The minimum atomic E-state index is -0.272. The summed E-state index contributed by atoms with van der Waals surface area (Å²) in [7, 11) is 3.25. The molecule has 4 aromatic rings. The number of rotatable bonds is 11. The monoisotopic (exact) mass is 525 g/mol. The van der Waals surface area contributed by atoms with Crippen molar-refractivity contribution in [1.82, 2.24) is 15.1 Å². The summed E-state index contributed by atoms with van der Waals surface area (Å²) in [5, 5.41) is 7.62. The maximum absolute atomic E-state index is 13.7. The Labute approximate surface area is 229 Å². The molecule has 5 rings (SSSR count). The molecule has 1 unspecified atom stereocenters. The van der Waals surface area contributed by atoms with E-state index in [1.54, 1.807) is 14.2 Å². The number of amides is 1. The molecule has 0 saturated heterocycles. The number of carbonyl (C=O) groups excluding carboxylic acids is 1. The molecule has 2 heterocycles. The van der Waals surface area contributed by atoms with Crippen LogP contribution in [0.5, 0.6) is 17.2 Å². The Morgan fingerprint density at radius 3 is 2.38 bits per heavy atom. The van der Waals surface area contributed by atoms with E-state index < -0.39 is 0 Å². The number of aromatic amines is 1. The van der Waals surface area contributed by atoms with Crippen LogP contribution < -0.4 is 14.2 Å². The Balaban J connectivity index is 1.46. The Hall–Kier alpha value is -4.26. The molecule has 1 N–H and O–H groups in total. The minimum absolute atomic E-state index is 0.0533. The van der Waals surface area contributed by atoms with Gasteiger partial charge in [-0.2, -0.15) is 5.10 Å². The van der Waals surface area contributed by atoms with Gasteiger partial charge in [0.2, 0.25) is 0 Å². The Bertz CT molecular complexity index is 1410. The molecule has 0 radical (unpaired) electrons. The number of hydrogen-bond acceptors (Lipinski definition) is 5. The van der Waals surface area contributed by atoms with E-state index in [9.17, 15) is 4.79 Å². The predicted molar refractivity (Wildman–Crippen MR) is 152 cm³/mol. The van der Waals surface area contributed by atoms with Gasteiger partial charge in [-0.1, -0.05) is 62.4 Å². The summed E-state index contributed by atoms with van der Waals surface area (Å²) in [6.45, 7) is 5.59. The van der Waals surface area contributed by atoms with Crippen LogP contribution in [0.2, 0.25) is 0 Å². The standard InChI is InChI=1S/C32H35N3O4/c1-21(2)17-19-39-25-13-11-24(12-14-25)31-28-29(23-8-6-5-7-9-23)33-34-30(28)32(36)35(31)18-16-22-10-15-26(37-3)27(20-22)38-4/h5-15,20-21,31H,16-19H2,1-4H3,(H,33,34). The zero-order chi connectivity index (χ0) is 27.4. The molecule has 7 heteroatoms. The molecule has 1 amide bonds. The summed E-state index contributed by atoms with van der Waals surface area (Å²) in [6, 6.07) is 23.7. The van der Waals surface area contributed by atoms with E-state index >= 15 is 0 Å². The van der Waals surface area contributed by atoms with Crippen molar-refractivity contribution in [2.24, 2.45) is 5.92 Å². The van der Waals surface area contributed by atoms with Crippen LogP contribution in [0.1, 0.15) is 53.5 Å². The molecule has 1 aromatic heterocycles. The molecule has 0 fully saturated rings. The number of nitrogens with zero attached hydrogens (tertiary/aromatic N) is 2. The predicted octanol–water partition coefficient (Wildman–Crippen LogP) is 6.31. The SMILES string of the molecule is COc1ccc(CCN2C(=O)c3[nH]nc(-c4ccccc4)c3C2c2ccc(OCCC(C)C)cc2)cc1OC. The van der Waals surface area contributed by atoms with Gasteiger partial charge in [0.15, 0.2) is 11.5 Å². The fourth-order valence-electron chi connectivity index (χ4n) is 5.03. The average Bonchev–Trinajstić information content (AvgIpc) is 3.51. The first-order chi connectivity index (χ1) is 19.0. The van der Waals surface area contributed by atoms with Gasteiger partial charge in [-0.3, -0.25) is 9.89 Å². The van der Waals surface area contributed by atoms with Crippen molar-refractivity contribution in [1.29, 1.82) is 0 Å². The normalized spacial score (nSPS) is 14.5. The summed E-state index contributed by atoms with van der Waals surface area (Å²) in [4.78, 5) is 15.7. The van der Waals surface area contributed by atoms with Gasteiger partial charge in [-0.15, -0.1) is 0 Å². The lowest BCUT2D eigenvalue weighted by Crippen LogP contribution is -2.31. The molecule has 1 aliphatic heterocycles. The number of ether oxygens (including phenoxy) is 3. The molecule has 0 saturated carbocycles. The second kappa shape index (κ2) is 11.6. The zero-order valence-electron chi connectivity index (χ0n) is 22.9. The molecule has 202 valence electrons. The van der Waals surface area contributed by atoms with Crippen molar-refractivity contribution in [2.45, 2.75) is 32.7 Å². The first kappa shape index (κ1) is 26.4. The van der Waals surface area contributed by atoms with Crippen LogP contribution >= 0.6 is 0 Å². The smallest absolute Gasteiger partial charge is 0.273 e. The molecule has 3 aromatic carbocycles. The second-order valence-corrected chi connectivity index (χ2v) is 10.2. The van der Waals surface area contributed by atoms with Gasteiger partial charge in [0.25, 0.3) is 5.91 Å². The van der Waals surface area contributed by atoms with Crippen molar-refractivity contribution >= 4 is 5.91 Å². The maximum atomic E-state index is 13.7. The van der Waals surface area contributed by atoms with E-state index in [1.165, 1.54) is 0 Å². The quantitative estimate of drug-likeness (QED) is 0.248. The third kappa shape index (κ3) is 5.48. The number of aromatic nitrogens is 2. The molecule has 0 bridgehead atoms. The third-order valence-corrected chi connectivity index (χ3v) is 7.16. The molecule has 39 heavy (non-hydrogen) atoms. The summed E-state index contributed by atoms with van der Waals surface area (Å²) in [5.41, 5.74) is 5.31. The molecule has 1 aliphatic rings. The molecular weight excluding hydrogens is 490 g/mol. The number of benzene rings is 3. The van der Waals surface area contributed by atoms with Crippen LogP contribution in [0.3, 0.4) is 0 Å². The van der Waals surface area contributed by atoms with Crippen molar-refractivity contribution in [2.75, 3.05) is 27.4 Å². The Morgan fingerprint density at radius 1 is 0.949 bits per heavy atom. The van der Waals surface area contributed by atoms with E-state index in [0.29, 0.717) is 42.7 Å². The summed E-state index contributed by atoms with van der Waals surface area (Å²) in [6.07, 6.45) is 1.67. The van der Waals surface area contributed by atoms with E-state index in [1.807, 2.05) is 65.6 Å². The van der Waals surface area contributed by atoms with Crippen molar-refractivity contribution < 1.29 is 19.0 Å². The number of fused-ring (bicyclic) bond motifs is 1. The molecule has 0 aliphatic carbocycles. The summed E-state index contributed by atoms with van der Waals surface area (Å²) in [5.74, 6) is 2.72. The fraction of sp³-hybridized carbons (Fsp3) is 0.312. The minimum Gasteiger partial charge on any atom is -0.494 e. The van der Waals surface area contributed by atoms with E-state index in [-0.39, 0.29) is 11.9 Å². The maximum Gasteiger partial charge on any atom is 0.273 e. The van der Waals surface area contributed by atoms with Crippen LogP contribution in [-0.2, 0) is 6.42 Å². The van der Waals surface area contributed by atoms with Gasteiger partial charge in [0.05, 0.1) is 32.6 Å². The molecular formula is C32H35N3O4. The lowest BCUT2D eigenvalue weighted by atomic mass is 9.96. The number of H-pyrrole nitrogens is 1. The van der Waals surface area contributed by atoms with Gasteiger partial charge in [0, 0.05) is 17.7 Å². The van der Waals surface area contributed by atoms with Crippen LogP contribution in [0, 0.1) is 5.92 Å². The Morgan fingerprint density at radius 2 is 1.69 bits per heavy atom. The van der Waals surface area contributed by atoms with Crippen LogP contribution in [0.4, 0.5) is 0 Å². The van der Waals surface area contributed by atoms with Crippen LogP contribution in [-0.4, -0.2) is 48.4 Å². The van der Waals surface area contributed by atoms with E-state index in [4.69, 9.17) is 14.2 Å². The van der Waals surface area contributed by atoms with Gasteiger partial charge in [-0.05, 0) is 54.2 Å². The van der Waals surface area contributed by atoms with Crippen LogP contribution in [0.15, 0.2) is 72.8 Å². The van der Waals surface area contributed by atoms with Crippen molar-refractivity contribution in [3.63, 3.8) is 0 Å².